The number of rotatable bonds is 7. The number of methoxy groups -OCH3 is 1. The van der Waals surface area contributed by atoms with Gasteiger partial charge in [0.25, 0.3) is 0 Å². The van der Waals surface area contributed by atoms with Gasteiger partial charge < -0.3 is 4.74 Å². The van der Waals surface area contributed by atoms with Crippen LogP contribution in [0.1, 0.15) is 53.4 Å². The molecule has 0 saturated heterocycles. The molecule has 0 bridgehead atoms. The predicted octanol–water partition coefficient (Wildman–Crippen LogP) is 3.65. The maximum atomic E-state index is 11.2. The quantitative estimate of drug-likeness (QED) is 0.605. The van der Waals surface area contributed by atoms with Crippen molar-refractivity contribution in [2.75, 3.05) is 7.11 Å². The number of ether oxygens (including phenoxy) is 1. The van der Waals surface area contributed by atoms with Gasteiger partial charge in [0.15, 0.2) is 0 Å². The molecule has 15 heavy (non-hydrogen) atoms. The van der Waals surface area contributed by atoms with Crippen LogP contribution in [0.5, 0.6) is 0 Å². The Morgan fingerprint density at radius 3 is 2.20 bits per heavy atom. The minimum absolute atomic E-state index is 0.0406. The van der Waals surface area contributed by atoms with E-state index in [-0.39, 0.29) is 11.9 Å². The Hall–Kier alpha value is -0.530. The van der Waals surface area contributed by atoms with Crippen molar-refractivity contribution in [3.05, 3.63) is 0 Å². The molecule has 0 amide bonds. The van der Waals surface area contributed by atoms with Gasteiger partial charge >= 0.3 is 5.97 Å². The van der Waals surface area contributed by atoms with Crippen molar-refractivity contribution in [3.8, 4) is 0 Å². The van der Waals surface area contributed by atoms with Gasteiger partial charge in [0.1, 0.15) is 0 Å². The average molecular weight is 214 g/mol. The Balaban J connectivity index is 3.81. The van der Waals surface area contributed by atoms with Crippen molar-refractivity contribution < 1.29 is 9.53 Å². The first-order valence-electron chi connectivity index (χ1n) is 6.09. The van der Waals surface area contributed by atoms with E-state index in [1.54, 1.807) is 0 Å². The Labute approximate surface area is 94.4 Å². The van der Waals surface area contributed by atoms with Crippen LogP contribution in [-0.2, 0) is 9.53 Å². The number of hydrogen-bond acceptors (Lipinski definition) is 2. The predicted molar refractivity (Wildman–Crippen MR) is 63.7 cm³/mol. The fraction of sp³-hybridized carbons (Fsp3) is 0.923. The molecule has 0 unspecified atom stereocenters. The topological polar surface area (TPSA) is 26.3 Å². The molecule has 0 aromatic rings. The van der Waals surface area contributed by atoms with Crippen LogP contribution in [0.3, 0.4) is 0 Å². The molecule has 0 aliphatic rings. The highest BCUT2D eigenvalue weighted by atomic mass is 16.5. The molecular formula is C13H26O2. The maximum Gasteiger partial charge on any atom is 0.308 e. The van der Waals surface area contributed by atoms with Crippen molar-refractivity contribution in [2.45, 2.75) is 53.4 Å². The van der Waals surface area contributed by atoms with E-state index >= 15 is 0 Å². The first-order chi connectivity index (χ1) is 7.01. The zero-order valence-electron chi connectivity index (χ0n) is 10.9. The SMILES string of the molecule is CCC[C@H](C)C[C@@H](C)C[C@H](C)C(=O)OC. The van der Waals surface area contributed by atoms with Gasteiger partial charge in [-0.05, 0) is 24.7 Å². The van der Waals surface area contributed by atoms with Crippen LogP contribution in [0, 0.1) is 17.8 Å². The Kier molecular flexibility index (Phi) is 7.45. The Morgan fingerprint density at radius 1 is 1.13 bits per heavy atom. The molecule has 0 aliphatic carbocycles. The van der Waals surface area contributed by atoms with E-state index in [1.165, 1.54) is 26.4 Å². The van der Waals surface area contributed by atoms with E-state index in [2.05, 4.69) is 20.8 Å². The van der Waals surface area contributed by atoms with Gasteiger partial charge in [-0.1, -0.05) is 40.5 Å². The van der Waals surface area contributed by atoms with Crippen molar-refractivity contribution in [1.29, 1.82) is 0 Å². The second-order valence-electron chi connectivity index (χ2n) is 4.89. The zero-order valence-corrected chi connectivity index (χ0v) is 10.9. The van der Waals surface area contributed by atoms with Gasteiger partial charge in [-0.25, -0.2) is 0 Å². The fourth-order valence-corrected chi connectivity index (χ4v) is 2.29. The van der Waals surface area contributed by atoms with E-state index in [0.29, 0.717) is 5.92 Å². The minimum atomic E-state index is -0.0787. The van der Waals surface area contributed by atoms with Gasteiger partial charge in [-0.15, -0.1) is 0 Å². The molecule has 90 valence electrons. The molecular weight excluding hydrogens is 188 g/mol. The number of carbonyl (C=O) groups excluding carboxylic acids is 1. The minimum Gasteiger partial charge on any atom is -0.469 e. The average Bonchev–Trinajstić information content (AvgIpc) is 2.16. The Morgan fingerprint density at radius 2 is 1.73 bits per heavy atom. The first kappa shape index (κ1) is 14.5. The van der Waals surface area contributed by atoms with Crippen molar-refractivity contribution >= 4 is 5.97 Å². The molecule has 2 nitrogen and oxygen atoms in total. The third kappa shape index (κ3) is 6.53. The summed E-state index contributed by atoms with van der Waals surface area (Å²) < 4.78 is 4.73. The van der Waals surface area contributed by atoms with Gasteiger partial charge in [-0.3, -0.25) is 4.79 Å². The van der Waals surface area contributed by atoms with E-state index in [0.717, 1.165) is 12.3 Å². The van der Waals surface area contributed by atoms with Crippen molar-refractivity contribution in [2.24, 2.45) is 17.8 Å². The molecule has 0 aliphatic heterocycles. The maximum absolute atomic E-state index is 11.2. The third-order valence-electron chi connectivity index (χ3n) is 2.95. The van der Waals surface area contributed by atoms with E-state index in [4.69, 9.17) is 4.74 Å². The van der Waals surface area contributed by atoms with Gasteiger partial charge in [0, 0.05) is 0 Å². The normalized spacial score (nSPS) is 16.9. The molecule has 0 fully saturated rings. The van der Waals surface area contributed by atoms with Crippen LogP contribution in [0.15, 0.2) is 0 Å². The summed E-state index contributed by atoms with van der Waals surface area (Å²) in [6.07, 6.45) is 4.70. The lowest BCUT2D eigenvalue weighted by Gasteiger charge is -2.19. The summed E-state index contributed by atoms with van der Waals surface area (Å²) in [4.78, 5) is 11.2. The molecule has 0 heterocycles. The number of hydrogen-bond donors (Lipinski definition) is 0. The highest BCUT2D eigenvalue weighted by molar-refractivity contribution is 5.71. The fourth-order valence-electron chi connectivity index (χ4n) is 2.29. The molecule has 0 spiro atoms. The highest BCUT2D eigenvalue weighted by Gasteiger charge is 2.17. The van der Waals surface area contributed by atoms with E-state index in [9.17, 15) is 4.79 Å². The number of esters is 1. The lowest BCUT2D eigenvalue weighted by Crippen LogP contribution is -2.16. The molecule has 3 atom stereocenters. The summed E-state index contributed by atoms with van der Waals surface area (Å²) in [7, 11) is 1.46. The lowest BCUT2D eigenvalue weighted by atomic mass is 9.88. The Bertz CT molecular complexity index is 177. The summed E-state index contributed by atoms with van der Waals surface area (Å²) in [5.41, 5.74) is 0. The van der Waals surface area contributed by atoms with Crippen LogP contribution >= 0.6 is 0 Å². The largest absolute Gasteiger partial charge is 0.469 e. The molecule has 0 aromatic carbocycles. The van der Waals surface area contributed by atoms with Crippen LogP contribution in [0.4, 0.5) is 0 Å². The van der Waals surface area contributed by atoms with Crippen molar-refractivity contribution in [1.82, 2.24) is 0 Å². The summed E-state index contributed by atoms with van der Waals surface area (Å²) in [6.45, 7) is 8.69. The lowest BCUT2D eigenvalue weighted by molar-refractivity contribution is -0.145. The first-order valence-corrected chi connectivity index (χ1v) is 6.09. The zero-order chi connectivity index (χ0) is 11.8. The van der Waals surface area contributed by atoms with Gasteiger partial charge in [0.05, 0.1) is 13.0 Å². The summed E-state index contributed by atoms with van der Waals surface area (Å²) in [5, 5.41) is 0. The van der Waals surface area contributed by atoms with Crippen molar-refractivity contribution in [3.63, 3.8) is 0 Å². The molecule has 0 radical (unpaired) electrons. The third-order valence-corrected chi connectivity index (χ3v) is 2.95. The smallest absolute Gasteiger partial charge is 0.308 e. The monoisotopic (exact) mass is 214 g/mol. The molecule has 0 N–H and O–H groups in total. The van der Waals surface area contributed by atoms with Crippen LogP contribution < -0.4 is 0 Å². The molecule has 0 saturated carbocycles. The van der Waals surface area contributed by atoms with Gasteiger partial charge in [-0.2, -0.15) is 0 Å². The van der Waals surface area contributed by atoms with E-state index in [1.807, 2.05) is 6.92 Å². The highest BCUT2D eigenvalue weighted by Crippen LogP contribution is 2.22. The van der Waals surface area contributed by atoms with E-state index < -0.39 is 0 Å². The summed E-state index contributed by atoms with van der Waals surface area (Å²) >= 11 is 0. The standard InChI is InChI=1S/C13H26O2/c1-6-7-10(2)8-11(3)9-12(4)13(14)15-5/h10-12H,6-9H2,1-5H3/t10-,11+,12-/m0/s1. The summed E-state index contributed by atoms with van der Waals surface area (Å²) in [5.74, 6) is 1.35. The molecule has 0 aromatic heterocycles. The molecule has 2 heteroatoms. The summed E-state index contributed by atoms with van der Waals surface area (Å²) in [6, 6.07) is 0. The second kappa shape index (κ2) is 7.72. The second-order valence-corrected chi connectivity index (χ2v) is 4.89. The van der Waals surface area contributed by atoms with Gasteiger partial charge in [0.2, 0.25) is 0 Å². The van der Waals surface area contributed by atoms with Crippen LogP contribution in [-0.4, -0.2) is 13.1 Å². The van der Waals surface area contributed by atoms with Crippen LogP contribution in [0.25, 0.3) is 0 Å². The van der Waals surface area contributed by atoms with Crippen LogP contribution in [0.2, 0.25) is 0 Å². The molecule has 0 rings (SSSR count). The number of carbonyl (C=O) groups is 1.